The number of nitrogens with one attached hydrogen (secondary N) is 1. The minimum atomic E-state index is -0.00613. The summed E-state index contributed by atoms with van der Waals surface area (Å²) in [6, 6.07) is 25.4. The van der Waals surface area contributed by atoms with E-state index < -0.39 is 0 Å². The van der Waals surface area contributed by atoms with Crippen LogP contribution in [-0.4, -0.2) is 14.2 Å². The summed E-state index contributed by atoms with van der Waals surface area (Å²) in [7, 11) is 3.59. The third-order valence-corrected chi connectivity index (χ3v) is 8.09. The molecule has 5 heteroatoms. The van der Waals surface area contributed by atoms with E-state index >= 15 is 0 Å². The van der Waals surface area contributed by atoms with Gasteiger partial charge in [0.2, 0.25) is 0 Å². The lowest BCUT2D eigenvalue weighted by molar-refractivity contribution is 0.305. The van der Waals surface area contributed by atoms with Gasteiger partial charge < -0.3 is 24.3 Å². The first-order chi connectivity index (χ1) is 37.1. The molecule has 0 aliphatic heterocycles. The van der Waals surface area contributed by atoms with Crippen LogP contribution in [0.3, 0.4) is 0 Å². The van der Waals surface area contributed by atoms with Gasteiger partial charge in [-0.25, -0.2) is 0 Å². The van der Waals surface area contributed by atoms with Crippen molar-refractivity contribution >= 4 is 10.8 Å². The van der Waals surface area contributed by atoms with Gasteiger partial charge in [0.25, 0.3) is 0 Å². The van der Waals surface area contributed by atoms with Crippen LogP contribution in [0.25, 0.3) is 10.8 Å². The maximum Gasteiger partial charge on any atom is 0.144 e. The highest BCUT2D eigenvalue weighted by atomic mass is 16.5. The summed E-state index contributed by atoms with van der Waals surface area (Å²) in [6.07, 6.45) is 15.1. The number of benzene rings is 4. The van der Waals surface area contributed by atoms with Crippen LogP contribution in [0.15, 0.2) is 78.9 Å². The summed E-state index contributed by atoms with van der Waals surface area (Å²) in [4.78, 5) is 0. The summed E-state index contributed by atoms with van der Waals surface area (Å²) in [5.41, 5.74) is 2.94. The van der Waals surface area contributed by atoms with Crippen LogP contribution in [0, 0.1) is 262 Å². The maximum absolute atomic E-state index is 6.23. The fraction of sp³-hybridized carbons (Fsp3) is 0.0571. The molecule has 75 heavy (non-hydrogen) atoms. The second kappa shape index (κ2) is 35.8. The van der Waals surface area contributed by atoms with Gasteiger partial charge in [-0.05, 0) is 172 Å². The number of ether oxygens (including phenoxy) is 4. The van der Waals surface area contributed by atoms with Crippen molar-refractivity contribution in [2.45, 2.75) is 12.6 Å². The summed E-state index contributed by atoms with van der Waals surface area (Å²) in [6.45, 7) is 0.161. The smallest absolute Gasteiger partial charge is 0.144 e. The number of hydrogen-bond donors (Lipinski definition) is 1. The van der Waals surface area contributed by atoms with E-state index in [0.717, 1.165) is 27.6 Å². The Morgan fingerprint density at radius 1 is 0.360 bits per heavy atom. The van der Waals surface area contributed by atoms with Gasteiger partial charge in [0.1, 0.15) is 41.8 Å². The van der Waals surface area contributed by atoms with Crippen molar-refractivity contribution in [2.24, 2.45) is 0 Å². The summed E-state index contributed by atoms with van der Waals surface area (Å²) in [5, 5.41) is 5.48. The number of terminal acetylenes is 2. The summed E-state index contributed by atoms with van der Waals surface area (Å²) >= 11 is 0. The first kappa shape index (κ1) is 54.2. The van der Waals surface area contributed by atoms with Crippen molar-refractivity contribution in [3.8, 4) is 285 Å². The van der Waals surface area contributed by atoms with Gasteiger partial charge in [-0.2, -0.15) is 0 Å². The fourth-order valence-corrected chi connectivity index (χ4v) is 5.19. The molecule has 0 saturated heterocycles. The van der Waals surface area contributed by atoms with Crippen molar-refractivity contribution in [1.29, 1.82) is 0 Å². The minimum absolute atomic E-state index is 0.00613. The molecule has 0 heterocycles. The molecule has 5 nitrogen and oxygen atoms in total. The minimum Gasteiger partial charge on any atom is -0.497 e. The number of rotatable bonds is 9. The lowest BCUT2D eigenvalue weighted by atomic mass is 9.96. The molecule has 4 aromatic carbocycles. The third kappa shape index (κ3) is 23.8. The Morgan fingerprint density at radius 3 is 1.07 bits per heavy atom. The SMILES string of the molecule is C#CC#CC#CC#CC#CC#CC#CC#CC#CC#CC#COc1cc(COc2ccc3cc(C(NC)c4ccc(OC)cc4)ccc3c2)cc(OC#CC#CC#CC#CC#CC#CC#CC#CC#CC#CC#C)c1. The molecule has 0 radical (unpaired) electrons. The van der Waals surface area contributed by atoms with Crippen LogP contribution < -0.4 is 24.3 Å². The Bertz CT molecular complexity index is 4150. The van der Waals surface area contributed by atoms with E-state index in [9.17, 15) is 0 Å². The van der Waals surface area contributed by atoms with Crippen molar-refractivity contribution in [3.05, 3.63) is 95.6 Å². The molecule has 0 aliphatic rings. The molecule has 4 rings (SSSR count). The molecule has 0 bridgehead atoms. The molecule has 0 saturated carbocycles. The van der Waals surface area contributed by atoms with Gasteiger partial charge in [0, 0.05) is 148 Å². The first-order valence-corrected chi connectivity index (χ1v) is 21.0. The van der Waals surface area contributed by atoms with Crippen molar-refractivity contribution < 1.29 is 18.9 Å². The molecule has 334 valence electrons. The van der Waals surface area contributed by atoms with Crippen LogP contribution in [0.4, 0.5) is 0 Å². The van der Waals surface area contributed by atoms with Crippen molar-refractivity contribution in [3.63, 3.8) is 0 Å². The van der Waals surface area contributed by atoms with Crippen LogP contribution in [0.2, 0.25) is 0 Å². The van der Waals surface area contributed by atoms with Crippen LogP contribution in [0.5, 0.6) is 23.0 Å². The van der Waals surface area contributed by atoms with Crippen LogP contribution in [0.1, 0.15) is 22.7 Å². The molecule has 4 aromatic rings. The second-order valence-electron chi connectivity index (χ2n) is 12.8. The molecule has 0 fully saturated rings. The Kier molecular flexibility index (Phi) is 25.9. The van der Waals surface area contributed by atoms with E-state index in [1.165, 1.54) is 0 Å². The van der Waals surface area contributed by atoms with Gasteiger partial charge in [0.05, 0.1) is 13.2 Å². The zero-order valence-electron chi connectivity index (χ0n) is 39.6. The average Bonchev–Trinajstić information content (AvgIpc) is 3.43. The Balaban J connectivity index is 1.42. The van der Waals surface area contributed by atoms with E-state index in [-0.39, 0.29) is 12.6 Å². The zero-order valence-corrected chi connectivity index (χ0v) is 39.6. The van der Waals surface area contributed by atoms with E-state index in [2.05, 4.69) is 285 Å². The lowest BCUT2D eigenvalue weighted by Crippen LogP contribution is -2.17. The third-order valence-electron chi connectivity index (χ3n) is 8.09. The predicted octanol–water partition coefficient (Wildman–Crippen LogP) is 5.74. The number of methoxy groups -OCH3 is 1. The molecule has 0 spiro atoms. The lowest BCUT2D eigenvalue weighted by Gasteiger charge is -2.18. The average molecular weight is 944 g/mol. The van der Waals surface area contributed by atoms with E-state index in [0.29, 0.717) is 22.8 Å². The molecular weight excluding hydrogens is 919 g/mol. The summed E-state index contributed by atoms with van der Waals surface area (Å²) in [5.74, 6) is 102. The maximum atomic E-state index is 6.23. The molecule has 0 aromatic heterocycles. The number of fused-ring (bicyclic) bond motifs is 1. The van der Waals surface area contributed by atoms with Gasteiger partial charge >= 0.3 is 0 Å². The van der Waals surface area contributed by atoms with Gasteiger partial charge in [-0.3, -0.25) is 0 Å². The van der Waals surface area contributed by atoms with Crippen LogP contribution in [-0.2, 0) is 6.61 Å². The molecule has 1 unspecified atom stereocenters. The quantitative estimate of drug-likeness (QED) is 0.217. The first-order valence-electron chi connectivity index (χ1n) is 21.0. The monoisotopic (exact) mass is 943 g/mol. The van der Waals surface area contributed by atoms with Gasteiger partial charge in [-0.15, -0.1) is 12.8 Å². The number of hydrogen-bond acceptors (Lipinski definition) is 5. The molecule has 0 amide bonds. The molecule has 1 atom stereocenters. The second-order valence-corrected chi connectivity index (χ2v) is 12.8. The van der Waals surface area contributed by atoms with Gasteiger partial charge in [0.15, 0.2) is 0 Å². The molecule has 0 aliphatic carbocycles. The normalized spacial score (nSPS) is 7.36. The highest BCUT2D eigenvalue weighted by Crippen LogP contribution is 2.29. The van der Waals surface area contributed by atoms with E-state index in [1.54, 1.807) is 25.3 Å². The molecule has 1 N–H and O–H groups in total. The topological polar surface area (TPSA) is 49.0 Å². The zero-order chi connectivity index (χ0) is 52.9. The Labute approximate surface area is 440 Å². The van der Waals surface area contributed by atoms with Crippen molar-refractivity contribution in [2.75, 3.05) is 14.2 Å². The Morgan fingerprint density at radius 2 is 0.693 bits per heavy atom. The van der Waals surface area contributed by atoms with Crippen molar-refractivity contribution in [1.82, 2.24) is 5.32 Å². The molecular formula is C70H25NO4. The van der Waals surface area contributed by atoms with E-state index in [1.807, 2.05) is 37.4 Å². The van der Waals surface area contributed by atoms with Crippen LogP contribution >= 0.6 is 0 Å². The highest BCUT2D eigenvalue weighted by Gasteiger charge is 2.13. The highest BCUT2D eigenvalue weighted by molar-refractivity contribution is 5.84. The largest absolute Gasteiger partial charge is 0.497 e. The van der Waals surface area contributed by atoms with Gasteiger partial charge in [-0.1, -0.05) is 30.3 Å². The standard InChI is InChI=1S/C70H25NO4/c1-5-7-9-11-13-15-17-19-21-23-25-27-29-31-33-35-37-39-41-43-53-73-68-55-61(60-75-67-52-49-63-57-65(46-45-64(63)58-67)70(71-3)62-47-50-66(72-4)51-48-62)56-69(59-68)74-54-44-42-40-38-36-34-32-30-28-26-24-22-20-18-16-14-12-10-8-6-2/h1-2,45-52,55-59,70-71H,60H2,3-4H3. The Hall–Kier alpha value is -13.4. The van der Waals surface area contributed by atoms with E-state index in [4.69, 9.17) is 31.8 Å². The summed E-state index contributed by atoms with van der Waals surface area (Å²) < 4.78 is 22.9. The predicted molar refractivity (Wildman–Crippen MR) is 293 cm³/mol. The fourth-order valence-electron chi connectivity index (χ4n) is 5.19.